The zero-order valence-electron chi connectivity index (χ0n) is 15.1. The molecule has 0 aliphatic carbocycles. The summed E-state index contributed by atoms with van der Waals surface area (Å²) in [5.41, 5.74) is 0.572. The molecule has 8 heteroatoms. The maximum absolute atomic E-state index is 13.6. The Kier molecular flexibility index (Phi) is 4.92. The number of hydrogen-bond donors (Lipinski definition) is 1. The Hall–Kier alpha value is -2.32. The third kappa shape index (κ3) is 3.72. The van der Waals surface area contributed by atoms with Crippen molar-refractivity contribution in [2.75, 3.05) is 31.6 Å². The lowest BCUT2D eigenvalue weighted by molar-refractivity contribution is -0.122. The number of carbonyl (C=O) groups excluding carboxylic acids is 1. The van der Waals surface area contributed by atoms with Gasteiger partial charge in [-0.2, -0.15) is 0 Å². The molecule has 3 heterocycles. The normalized spacial score (nSPS) is 21.1. The second-order valence-electron chi connectivity index (χ2n) is 7.02. The summed E-state index contributed by atoms with van der Waals surface area (Å²) >= 11 is 0. The van der Waals surface area contributed by atoms with Crippen LogP contribution in [0.15, 0.2) is 24.4 Å². The molecule has 2 aliphatic heterocycles. The predicted octanol–water partition coefficient (Wildman–Crippen LogP) is 2.36. The molecular weight excluding hydrogens is 354 g/mol. The van der Waals surface area contributed by atoms with Gasteiger partial charge in [0, 0.05) is 31.8 Å². The van der Waals surface area contributed by atoms with Crippen molar-refractivity contribution in [2.45, 2.75) is 31.8 Å². The Morgan fingerprint density at radius 2 is 1.96 bits per heavy atom. The van der Waals surface area contributed by atoms with E-state index >= 15 is 0 Å². The summed E-state index contributed by atoms with van der Waals surface area (Å²) in [7, 11) is 0. The molecule has 2 aromatic rings. The summed E-state index contributed by atoms with van der Waals surface area (Å²) in [4.78, 5) is 19.1. The monoisotopic (exact) mass is 376 g/mol. The highest BCUT2D eigenvalue weighted by Crippen LogP contribution is 2.33. The highest BCUT2D eigenvalue weighted by Gasteiger charge is 2.28. The van der Waals surface area contributed by atoms with Crippen LogP contribution in [-0.4, -0.2) is 52.7 Å². The zero-order valence-corrected chi connectivity index (χ0v) is 15.1. The first-order valence-electron chi connectivity index (χ1n) is 9.17. The molecule has 2 aliphatic rings. The number of amides is 1. The van der Waals surface area contributed by atoms with Gasteiger partial charge in [-0.15, -0.1) is 0 Å². The van der Waals surface area contributed by atoms with E-state index in [1.807, 2.05) is 11.5 Å². The minimum Gasteiger partial charge on any atom is -0.379 e. The third-order valence-electron chi connectivity index (χ3n) is 5.28. The van der Waals surface area contributed by atoms with Crippen molar-refractivity contribution >= 4 is 11.7 Å². The molecule has 1 fully saturated rings. The number of hydrogen-bond acceptors (Lipinski definition) is 4. The fourth-order valence-corrected chi connectivity index (χ4v) is 3.81. The second-order valence-corrected chi connectivity index (χ2v) is 7.02. The van der Waals surface area contributed by atoms with Crippen LogP contribution in [0.2, 0.25) is 0 Å². The maximum Gasteiger partial charge on any atom is 0.242 e. The molecule has 0 bridgehead atoms. The highest BCUT2D eigenvalue weighted by molar-refractivity contribution is 5.93. The number of morpholine rings is 1. The molecule has 144 valence electrons. The van der Waals surface area contributed by atoms with Gasteiger partial charge in [0.1, 0.15) is 17.5 Å². The van der Waals surface area contributed by atoms with E-state index in [4.69, 9.17) is 4.74 Å². The molecule has 0 radical (unpaired) electrons. The number of ether oxygens (including phenoxy) is 1. The Bertz CT molecular complexity index is 828. The number of fused-ring (bicyclic) bond motifs is 1. The number of nitrogens with one attached hydrogen (secondary N) is 1. The van der Waals surface area contributed by atoms with E-state index < -0.39 is 11.6 Å². The Morgan fingerprint density at radius 3 is 2.67 bits per heavy atom. The molecule has 6 nitrogen and oxygen atoms in total. The number of rotatable bonds is 4. The van der Waals surface area contributed by atoms with E-state index in [2.05, 4.69) is 15.2 Å². The topological polar surface area (TPSA) is 59.4 Å². The molecule has 2 atom stereocenters. The van der Waals surface area contributed by atoms with Crippen LogP contribution in [0.5, 0.6) is 0 Å². The van der Waals surface area contributed by atoms with Crippen LogP contribution >= 0.6 is 0 Å². The first-order chi connectivity index (χ1) is 13.0. The number of halogens is 2. The summed E-state index contributed by atoms with van der Waals surface area (Å²) < 4.78 is 34.3. The summed E-state index contributed by atoms with van der Waals surface area (Å²) in [6.45, 7) is 4.57. The Labute approximate surface area is 156 Å². The zero-order chi connectivity index (χ0) is 19.0. The van der Waals surface area contributed by atoms with Gasteiger partial charge in [-0.05, 0) is 31.0 Å². The van der Waals surface area contributed by atoms with Gasteiger partial charge < -0.3 is 14.6 Å². The number of anilines is 1. The van der Waals surface area contributed by atoms with Gasteiger partial charge in [0.25, 0.3) is 0 Å². The molecule has 1 aromatic heterocycles. The van der Waals surface area contributed by atoms with Gasteiger partial charge in [0.05, 0.1) is 25.3 Å². The maximum atomic E-state index is 13.6. The van der Waals surface area contributed by atoms with E-state index in [-0.39, 0.29) is 18.0 Å². The van der Waals surface area contributed by atoms with E-state index in [0.29, 0.717) is 31.0 Å². The number of aromatic nitrogens is 2. The quantitative estimate of drug-likeness (QED) is 0.890. The highest BCUT2D eigenvalue weighted by atomic mass is 19.1. The van der Waals surface area contributed by atoms with E-state index in [1.165, 1.54) is 12.1 Å². The molecular formula is C19H22F2N4O2. The minimum atomic E-state index is -0.591. The fourth-order valence-electron chi connectivity index (χ4n) is 3.81. The average Bonchev–Trinajstić information content (AvgIpc) is 3.21. The van der Waals surface area contributed by atoms with Crippen molar-refractivity contribution < 1.29 is 18.3 Å². The van der Waals surface area contributed by atoms with Crippen molar-refractivity contribution in [1.82, 2.24) is 14.5 Å². The molecule has 0 spiro atoms. The van der Waals surface area contributed by atoms with Crippen LogP contribution in [0.1, 0.15) is 30.8 Å². The first-order valence-corrected chi connectivity index (χ1v) is 9.17. The van der Waals surface area contributed by atoms with Crippen molar-refractivity contribution in [2.24, 2.45) is 0 Å². The second kappa shape index (κ2) is 7.36. The smallest absolute Gasteiger partial charge is 0.242 e. The van der Waals surface area contributed by atoms with Gasteiger partial charge >= 0.3 is 0 Å². The van der Waals surface area contributed by atoms with Gasteiger partial charge in [0.15, 0.2) is 5.82 Å². The largest absolute Gasteiger partial charge is 0.379 e. The van der Waals surface area contributed by atoms with E-state index in [9.17, 15) is 13.6 Å². The summed E-state index contributed by atoms with van der Waals surface area (Å²) in [6, 6.07) is 3.10. The number of imidazole rings is 1. The predicted molar refractivity (Wildman–Crippen MR) is 95.5 cm³/mol. The molecule has 0 unspecified atom stereocenters. The molecule has 27 heavy (non-hydrogen) atoms. The molecule has 1 N–H and O–H groups in total. The van der Waals surface area contributed by atoms with Crippen molar-refractivity contribution in [3.63, 3.8) is 0 Å². The number of benzene rings is 1. The first kappa shape index (κ1) is 18.1. The molecule has 1 amide bonds. The molecule has 4 rings (SSSR count). The van der Waals surface area contributed by atoms with Gasteiger partial charge in [-0.3, -0.25) is 9.69 Å². The lowest BCUT2D eigenvalue weighted by Crippen LogP contribution is -2.47. The number of carbonyl (C=O) groups is 1. The third-order valence-corrected chi connectivity index (χ3v) is 5.28. The van der Waals surface area contributed by atoms with Gasteiger partial charge in [-0.1, -0.05) is 0 Å². The van der Waals surface area contributed by atoms with Crippen molar-refractivity contribution in [3.8, 4) is 0 Å². The molecule has 1 saturated heterocycles. The van der Waals surface area contributed by atoms with Gasteiger partial charge in [0.2, 0.25) is 5.91 Å². The van der Waals surface area contributed by atoms with Crippen molar-refractivity contribution in [3.05, 3.63) is 47.4 Å². The molecule has 1 aromatic carbocycles. The summed E-state index contributed by atoms with van der Waals surface area (Å²) in [5, 5.41) is 2.86. The Balaban J connectivity index is 1.48. The van der Waals surface area contributed by atoms with Crippen LogP contribution in [-0.2, 0) is 16.0 Å². The minimum absolute atomic E-state index is 0.123. The SMILES string of the molecule is C[C@@H](C(=O)Nc1cn2c(n1)CC[C@H]2c1cc(F)cc(F)c1)N1CCOCC1. The average molecular weight is 376 g/mol. The van der Waals surface area contributed by atoms with Crippen LogP contribution in [0.3, 0.4) is 0 Å². The lowest BCUT2D eigenvalue weighted by Gasteiger charge is -2.31. The van der Waals surface area contributed by atoms with E-state index in [0.717, 1.165) is 31.4 Å². The summed E-state index contributed by atoms with van der Waals surface area (Å²) in [5.74, 6) is -0.0319. The fraction of sp³-hybridized carbons (Fsp3) is 0.474. The van der Waals surface area contributed by atoms with Crippen LogP contribution in [0.4, 0.5) is 14.6 Å². The summed E-state index contributed by atoms with van der Waals surface area (Å²) in [6.07, 6.45) is 3.17. The van der Waals surface area contributed by atoms with Crippen LogP contribution in [0.25, 0.3) is 0 Å². The lowest BCUT2D eigenvalue weighted by atomic mass is 10.0. The molecule has 0 saturated carbocycles. The van der Waals surface area contributed by atoms with Crippen LogP contribution in [0, 0.1) is 11.6 Å². The number of nitrogens with zero attached hydrogens (tertiary/aromatic N) is 3. The Morgan fingerprint density at radius 1 is 1.26 bits per heavy atom. The van der Waals surface area contributed by atoms with Gasteiger partial charge in [-0.25, -0.2) is 13.8 Å². The van der Waals surface area contributed by atoms with Crippen molar-refractivity contribution in [1.29, 1.82) is 0 Å². The number of aryl methyl sites for hydroxylation is 1. The van der Waals surface area contributed by atoms with E-state index in [1.54, 1.807) is 6.20 Å². The van der Waals surface area contributed by atoms with Crippen LogP contribution < -0.4 is 5.32 Å². The standard InChI is InChI=1S/C19H22F2N4O2/c1-12(24-4-6-27-7-5-24)19(26)23-17-11-25-16(2-3-18(25)22-17)13-8-14(20)10-15(21)9-13/h8-12,16H,2-7H2,1H3,(H,23,26)/t12-,16-/m0/s1.